The van der Waals surface area contributed by atoms with Crippen LogP contribution in [0, 0.1) is 6.92 Å². The fraction of sp³-hybridized carbons (Fsp3) is 0.190. The van der Waals surface area contributed by atoms with Gasteiger partial charge in [-0.05, 0) is 49.3 Å². The van der Waals surface area contributed by atoms with E-state index < -0.39 is 0 Å². The van der Waals surface area contributed by atoms with Crippen LogP contribution in [0.25, 0.3) is 6.08 Å². The van der Waals surface area contributed by atoms with Gasteiger partial charge in [-0.25, -0.2) is 0 Å². The first-order valence-corrected chi connectivity index (χ1v) is 10.1. The van der Waals surface area contributed by atoms with E-state index in [1.54, 1.807) is 18.2 Å². The van der Waals surface area contributed by atoms with Crippen molar-refractivity contribution in [3.05, 3.63) is 70.1 Å². The molecular formula is C21H20N2O3S2. The molecule has 2 amide bonds. The van der Waals surface area contributed by atoms with E-state index in [9.17, 15) is 9.59 Å². The van der Waals surface area contributed by atoms with Crippen LogP contribution in [0.1, 0.15) is 34.8 Å². The summed E-state index contributed by atoms with van der Waals surface area (Å²) >= 11 is 6.45. The van der Waals surface area contributed by atoms with Crippen molar-refractivity contribution in [1.29, 1.82) is 0 Å². The zero-order valence-electron chi connectivity index (χ0n) is 15.6. The van der Waals surface area contributed by atoms with Crippen LogP contribution in [0.2, 0.25) is 0 Å². The van der Waals surface area contributed by atoms with Gasteiger partial charge in [0.25, 0.3) is 11.8 Å². The highest BCUT2D eigenvalue weighted by Crippen LogP contribution is 2.33. The number of thioether (sulfide) groups is 1. The summed E-state index contributed by atoms with van der Waals surface area (Å²) in [4.78, 5) is 25.8. The van der Waals surface area contributed by atoms with Crippen molar-refractivity contribution in [3.8, 4) is 5.75 Å². The third kappa shape index (κ3) is 4.43. The maximum Gasteiger partial charge on any atom is 0.285 e. The number of hydrogen-bond donors (Lipinski definition) is 1. The molecule has 0 bridgehead atoms. The Morgan fingerprint density at radius 1 is 1.21 bits per heavy atom. The van der Waals surface area contributed by atoms with Crippen molar-refractivity contribution >= 4 is 46.2 Å². The van der Waals surface area contributed by atoms with Crippen LogP contribution in [0.3, 0.4) is 0 Å². The Labute approximate surface area is 173 Å². The number of carbonyl (C=O) groups is 2. The molecule has 2 aromatic carbocycles. The third-order valence-electron chi connectivity index (χ3n) is 4.06. The number of nitrogens with one attached hydrogen (secondary N) is 1. The lowest BCUT2D eigenvalue weighted by atomic mass is 10.1. The minimum Gasteiger partial charge on any atom is -0.493 e. The van der Waals surface area contributed by atoms with Gasteiger partial charge in [0, 0.05) is 11.1 Å². The monoisotopic (exact) mass is 412 g/mol. The predicted octanol–water partition coefficient (Wildman–Crippen LogP) is 4.33. The van der Waals surface area contributed by atoms with Crippen molar-refractivity contribution in [2.75, 3.05) is 6.61 Å². The Morgan fingerprint density at radius 3 is 2.68 bits per heavy atom. The highest BCUT2D eigenvalue weighted by molar-refractivity contribution is 8.26. The lowest BCUT2D eigenvalue weighted by molar-refractivity contribution is -0.123. The van der Waals surface area contributed by atoms with Gasteiger partial charge >= 0.3 is 0 Å². The van der Waals surface area contributed by atoms with E-state index in [0.29, 0.717) is 22.8 Å². The van der Waals surface area contributed by atoms with Gasteiger partial charge in [-0.1, -0.05) is 55.1 Å². The zero-order chi connectivity index (χ0) is 20.1. The average Bonchev–Trinajstić information content (AvgIpc) is 2.95. The summed E-state index contributed by atoms with van der Waals surface area (Å²) in [5, 5.41) is 1.12. The van der Waals surface area contributed by atoms with E-state index in [1.165, 1.54) is 0 Å². The second-order valence-electron chi connectivity index (χ2n) is 6.16. The second-order valence-corrected chi connectivity index (χ2v) is 7.84. The second kappa shape index (κ2) is 9.03. The molecule has 7 heteroatoms. The van der Waals surface area contributed by atoms with E-state index in [0.717, 1.165) is 34.3 Å². The summed E-state index contributed by atoms with van der Waals surface area (Å²) in [7, 11) is 0. The Balaban J connectivity index is 1.80. The molecule has 1 N–H and O–H groups in total. The summed E-state index contributed by atoms with van der Waals surface area (Å²) in [6.07, 6.45) is 2.63. The summed E-state index contributed by atoms with van der Waals surface area (Å²) in [6, 6.07) is 14.7. The lowest BCUT2D eigenvalue weighted by Gasteiger charge is -2.16. The van der Waals surface area contributed by atoms with E-state index in [1.807, 2.05) is 50.2 Å². The van der Waals surface area contributed by atoms with Crippen molar-refractivity contribution in [3.63, 3.8) is 0 Å². The van der Waals surface area contributed by atoms with Crippen LogP contribution in [0.15, 0.2) is 53.4 Å². The van der Waals surface area contributed by atoms with Crippen LogP contribution in [-0.4, -0.2) is 27.8 Å². The molecule has 1 heterocycles. The molecule has 3 rings (SSSR count). The van der Waals surface area contributed by atoms with Crippen molar-refractivity contribution < 1.29 is 14.3 Å². The molecule has 0 unspecified atom stereocenters. The normalized spacial score (nSPS) is 15.2. The van der Waals surface area contributed by atoms with E-state index in [2.05, 4.69) is 5.43 Å². The molecule has 1 aliphatic heterocycles. The minimum atomic E-state index is -0.373. The fourth-order valence-corrected chi connectivity index (χ4v) is 3.81. The van der Waals surface area contributed by atoms with E-state index in [-0.39, 0.29) is 16.1 Å². The average molecular weight is 413 g/mol. The van der Waals surface area contributed by atoms with Gasteiger partial charge in [-0.3, -0.25) is 15.0 Å². The maximum absolute atomic E-state index is 12.8. The number of aryl methyl sites for hydroxylation is 1. The van der Waals surface area contributed by atoms with Crippen LogP contribution in [0.5, 0.6) is 5.75 Å². The number of ether oxygens (including phenoxy) is 1. The molecule has 1 aliphatic rings. The standard InChI is InChI=1S/C21H20N2O3S2/c1-3-12-26-17-11-7-5-9-15(17)13-18-20(25)23(21(27)28-18)22-19(24)16-10-6-4-8-14(16)2/h4-11,13H,3,12H2,1-2H3,(H,22,24)/b18-13+. The van der Waals surface area contributed by atoms with Crippen LogP contribution < -0.4 is 10.2 Å². The van der Waals surface area contributed by atoms with E-state index >= 15 is 0 Å². The number of para-hydroxylation sites is 1. The van der Waals surface area contributed by atoms with Crippen LogP contribution in [-0.2, 0) is 4.79 Å². The quantitative estimate of drug-likeness (QED) is 0.565. The lowest BCUT2D eigenvalue weighted by Crippen LogP contribution is -2.45. The number of thiocarbonyl (C=S) groups is 1. The summed E-state index contributed by atoms with van der Waals surface area (Å²) in [6.45, 7) is 4.47. The number of nitrogens with zero attached hydrogens (tertiary/aromatic N) is 1. The molecule has 0 aliphatic carbocycles. The third-order valence-corrected chi connectivity index (χ3v) is 5.37. The fourth-order valence-electron chi connectivity index (χ4n) is 2.64. The molecule has 5 nitrogen and oxygen atoms in total. The first kappa shape index (κ1) is 20.1. The van der Waals surface area contributed by atoms with Gasteiger partial charge in [0.15, 0.2) is 4.32 Å². The predicted molar refractivity (Wildman–Crippen MR) is 116 cm³/mol. The first-order valence-electron chi connectivity index (χ1n) is 8.87. The summed E-state index contributed by atoms with van der Waals surface area (Å²) < 4.78 is 6.02. The van der Waals surface area contributed by atoms with Gasteiger partial charge < -0.3 is 4.74 Å². The zero-order valence-corrected chi connectivity index (χ0v) is 17.2. The van der Waals surface area contributed by atoms with Crippen LogP contribution >= 0.6 is 24.0 Å². The smallest absolute Gasteiger partial charge is 0.285 e. The van der Waals surface area contributed by atoms with Gasteiger partial charge in [-0.2, -0.15) is 5.01 Å². The van der Waals surface area contributed by atoms with Crippen molar-refractivity contribution in [1.82, 2.24) is 10.4 Å². The molecular weight excluding hydrogens is 392 g/mol. The van der Waals surface area contributed by atoms with Crippen molar-refractivity contribution in [2.45, 2.75) is 20.3 Å². The minimum absolute atomic E-state index is 0.283. The Morgan fingerprint density at radius 2 is 1.93 bits per heavy atom. The molecule has 0 atom stereocenters. The van der Waals surface area contributed by atoms with Crippen LogP contribution in [0.4, 0.5) is 0 Å². The molecule has 0 radical (unpaired) electrons. The molecule has 0 spiro atoms. The number of hydrogen-bond acceptors (Lipinski definition) is 5. The number of benzene rings is 2. The molecule has 0 saturated carbocycles. The Kier molecular flexibility index (Phi) is 6.49. The highest BCUT2D eigenvalue weighted by atomic mass is 32.2. The topological polar surface area (TPSA) is 58.6 Å². The Hall–Kier alpha value is -2.64. The molecule has 2 aromatic rings. The van der Waals surface area contributed by atoms with Gasteiger partial charge in [0.05, 0.1) is 11.5 Å². The molecule has 1 fully saturated rings. The van der Waals surface area contributed by atoms with Gasteiger partial charge in [0.2, 0.25) is 0 Å². The SMILES string of the molecule is CCCOc1ccccc1/C=C1/SC(=S)N(NC(=O)c2ccccc2C)C1=O. The number of carbonyl (C=O) groups excluding carboxylic acids is 2. The Bertz CT molecular complexity index is 956. The van der Waals surface area contributed by atoms with Crippen molar-refractivity contribution in [2.24, 2.45) is 0 Å². The molecule has 1 saturated heterocycles. The summed E-state index contributed by atoms with van der Waals surface area (Å²) in [5.41, 5.74) is 4.73. The van der Waals surface area contributed by atoms with Gasteiger partial charge in [0.1, 0.15) is 5.75 Å². The van der Waals surface area contributed by atoms with Gasteiger partial charge in [-0.15, -0.1) is 0 Å². The first-order chi connectivity index (χ1) is 13.5. The number of rotatable bonds is 6. The summed E-state index contributed by atoms with van der Waals surface area (Å²) in [5.74, 6) is -0.0249. The number of amides is 2. The number of hydrazine groups is 1. The van der Waals surface area contributed by atoms with E-state index in [4.69, 9.17) is 17.0 Å². The maximum atomic E-state index is 12.8. The largest absolute Gasteiger partial charge is 0.493 e. The molecule has 28 heavy (non-hydrogen) atoms. The molecule has 144 valence electrons. The molecule has 0 aromatic heterocycles. The highest BCUT2D eigenvalue weighted by Gasteiger charge is 2.34.